The number of rotatable bonds is 32. The third-order valence-corrected chi connectivity index (χ3v) is 41.6. The van der Waals surface area contributed by atoms with E-state index in [4.69, 9.17) is 14.2 Å². The number of phenols is 5. The van der Waals surface area contributed by atoms with Crippen LogP contribution in [0.15, 0.2) is 237 Å². The third kappa shape index (κ3) is 26.2. The molecule has 638 valence electrons. The van der Waals surface area contributed by atoms with Crippen LogP contribution in [0, 0.1) is 20.8 Å². The normalized spacial score (nSPS) is 11.3. The van der Waals surface area contributed by atoms with Crippen molar-refractivity contribution >= 4 is 94.7 Å². The van der Waals surface area contributed by atoms with Crippen LogP contribution in [0.3, 0.4) is 0 Å². The zero-order valence-corrected chi connectivity index (χ0v) is 78.0. The molecule has 0 fully saturated rings. The minimum atomic E-state index is -2.70. The second-order valence-corrected chi connectivity index (χ2v) is 50.4. The van der Waals surface area contributed by atoms with Gasteiger partial charge in [0.05, 0.1) is 94.2 Å². The number of unbranched alkanes of at least 4 members (excludes halogenated alkanes) is 6. The van der Waals surface area contributed by atoms with E-state index in [0.717, 1.165) is 65.0 Å². The fraction of sp³-hybridized carbons (Fsp3) is 0.347. The molecule has 0 saturated carbocycles. The lowest BCUT2D eigenvalue weighted by Gasteiger charge is -2.31. The van der Waals surface area contributed by atoms with Crippen molar-refractivity contribution in [3.05, 3.63) is 253 Å². The molecular formula is C101H131O13P5. The van der Waals surface area contributed by atoms with E-state index in [1.165, 1.54) is 179 Å². The van der Waals surface area contributed by atoms with Crippen LogP contribution in [0.2, 0.25) is 0 Å². The number of aryl methyl sites for hydroxylation is 3. The lowest BCUT2D eigenvalue weighted by molar-refractivity contribution is -0.267. The Morgan fingerprint density at radius 3 is 0.613 bits per heavy atom. The summed E-state index contributed by atoms with van der Waals surface area (Å²) in [5.41, 5.74) is 3.51. The maximum absolute atomic E-state index is 13.3. The van der Waals surface area contributed by atoms with Crippen molar-refractivity contribution in [3.63, 3.8) is 0 Å². The molecule has 11 aromatic rings. The van der Waals surface area contributed by atoms with E-state index >= 15 is 0 Å². The highest BCUT2D eigenvalue weighted by Gasteiger charge is 2.51. The van der Waals surface area contributed by atoms with Crippen LogP contribution in [0.25, 0.3) is 0 Å². The number of hydrogen-bond acceptors (Lipinski definition) is 13. The standard InChI is InChI=1S/C27H25O5P.C27H25O2P.2C18H31O2P.C9H13O2P.C2H6/c1-30-20-5-11-23(12-6-20)33(24-13-7-21(31-2)8-14-24,25-15-9-22(32-3)10-16-25)27-18-19(28)4-17-26(27)29;1-19-4-11-23(12-5-19)30(24-13-6-20(2)7-14-24,25-15-8-21(3)9-16-25)27-18-22(28)10-17-26(27)29;2*1-4-7-12-21(13-8-5-2,14-9-6-3)18-15-16(19)10-11-17(18)20;1-12(2,3)9-6-7(10)4-5-8(9)11;1-2/h4-18H,1-3H3,(H-,28,29);4-18H,1-3H3,(H-,28,29);2*10-11,15H,4-9,12-14H2,1-3H3,(H-,19,20);4-6H,1-3H3,(H-,10,11);1-2H3. The van der Waals surface area contributed by atoms with Crippen molar-refractivity contribution in [3.8, 4) is 74.7 Å². The summed E-state index contributed by atoms with van der Waals surface area (Å²) in [6.07, 6.45) is 21.2. The summed E-state index contributed by atoms with van der Waals surface area (Å²) < 4.78 is 16.1. The Bertz CT molecular complexity index is 4470. The maximum atomic E-state index is 13.3. The SMILES string of the molecule is CC.CCCC[P+](CCCC)(CCCC)c1cc(O)ccc1[O-].CCCC[P+](CCCC)(CCCC)c1cc(O)ccc1[O-].COc1ccc([P+](c2ccc(OC)cc2)(c2ccc(OC)cc2)c2cc(O)ccc2[O-])cc1.C[P+](C)(C)c1cc(O)ccc1[O-].Cc1ccc([P+](c2ccc(C)cc2)(c2ccc(C)cc2)c2cc(O)ccc2[O-])cc1. The summed E-state index contributed by atoms with van der Waals surface area (Å²) in [6, 6.07) is 71.9. The molecule has 0 atom stereocenters. The fourth-order valence-electron chi connectivity index (χ4n) is 14.9. The van der Waals surface area contributed by atoms with Crippen molar-refractivity contribution in [1.82, 2.24) is 0 Å². The maximum Gasteiger partial charge on any atom is 0.143 e. The van der Waals surface area contributed by atoms with Gasteiger partial charge in [-0.05, 0) is 199 Å². The van der Waals surface area contributed by atoms with Crippen LogP contribution in [-0.4, -0.2) is 104 Å². The van der Waals surface area contributed by atoms with Gasteiger partial charge in [0.2, 0.25) is 0 Å². The van der Waals surface area contributed by atoms with E-state index in [9.17, 15) is 51.1 Å². The van der Waals surface area contributed by atoms with Crippen molar-refractivity contribution < 1.29 is 65.3 Å². The van der Waals surface area contributed by atoms with Crippen molar-refractivity contribution in [2.75, 3.05) is 78.3 Å². The Kier molecular flexibility index (Phi) is 40.2. The quantitative estimate of drug-likeness (QED) is 0.0247. The summed E-state index contributed by atoms with van der Waals surface area (Å²) in [4.78, 5) is 0. The van der Waals surface area contributed by atoms with Gasteiger partial charge in [-0.15, -0.1) is 0 Å². The Labute approximate surface area is 715 Å². The monoisotopic (exact) mass is 1710 g/mol. The average Bonchev–Trinajstić information content (AvgIpc) is 0.730. The first-order chi connectivity index (χ1) is 57.0. The molecular weight excluding hydrogens is 1580 g/mol. The molecule has 0 aliphatic rings. The molecule has 0 aromatic heterocycles. The lowest BCUT2D eigenvalue weighted by atomic mass is 10.2. The van der Waals surface area contributed by atoms with Gasteiger partial charge in [-0.25, -0.2) is 0 Å². The van der Waals surface area contributed by atoms with Gasteiger partial charge in [0.15, 0.2) is 0 Å². The molecule has 0 bridgehead atoms. The van der Waals surface area contributed by atoms with Crippen LogP contribution < -0.4 is 98.1 Å². The Balaban J connectivity index is 0.000000237. The molecule has 0 aliphatic heterocycles. The number of methoxy groups -OCH3 is 3. The highest BCUT2D eigenvalue weighted by atomic mass is 31.2. The molecule has 0 aliphatic carbocycles. The highest BCUT2D eigenvalue weighted by Crippen LogP contribution is 2.63. The molecule has 0 unspecified atom stereocenters. The summed E-state index contributed by atoms with van der Waals surface area (Å²) in [7, 11) is -4.52. The molecule has 0 spiro atoms. The number of benzene rings is 11. The van der Waals surface area contributed by atoms with Gasteiger partial charge in [0.1, 0.15) is 103 Å². The highest BCUT2D eigenvalue weighted by molar-refractivity contribution is 8.02. The number of ether oxygens (including phenoxy) is 3. The van der Waals surface area contributed by atoms with Gasteiger partial charge in [-0.1, -0.05) is 206 Å². The summed E-state index contributed by atoms with van der Waals surface area (Å²) >= 11 is 0. The van der Waals surface area contributed by atoms with Gasteiger partial charge < -0.3 is 65.3 Å². The van der Waals surface area contributed by atoms with E-state index in [1.54, 1.807) is 63.8 Å². The smallest absolute Gasteiger partial charge is 0.143 e. The zero-order valence-electron chi connectivity index (χ0n) is 73.5. The minimum absolute atomic E-state index is 0.0358. The molecule has 13 nitrogen and oxygen atoms in total. The first-order valence-electron chi connectivity index (χ1n) is 42.0. The van der Waals surface area contributed by atoms with Gasteiger partial charge in [-0.3, -0.25) is 0 Å². The van der Waals surface area contributed by atoms with Crippen LogP contribution >= 0.6 is 36.3 Å². The van der Waals surface area contributed by atoms with Crippen LogP contribution in [0.5, 0.6) is 74.7 Å². The number of hydrogen-bond donors (Lipinski definition) is 5. The summed E-state index contributed by atoms with van der Waals surface area (Å²) in [6.45, 7) is 29.7. The van der Waals surface area contributed by atoms with Gasteiger partial charge in [0.25, 0.3) is 0 Å². The molecule has 18 heteroatoms. The molecule has 5 N–H and O–H groups in total. The van der Waals surface area contributed by atoms with Crippen LogP contribution in [-0.2, 0) is 0 Å². The largest absolute Gasteiger partial charge is 0.870 e. The molecule has 11 rings (SSSR count). The molecule has 11 aromatic carbocycles. The van der Waals surface area contributed by atoms with Crippen LogP contribution in [0.1, 0.15) is 149 Å². The Hall–Kier alpha value is -9.03. The van der Waals surface area contributed by atoms with E-state index < -0.39 is 36.3 Å². The molecule has 0 radical (unpaired) electrons. The third-order valence-electron chi connectivity index (χ3n) is 21.5. The molecule has 119 heavy (non-hydrogen) atoms. The number of phenolic OH excluding ortho intramolecular Hbond substituents is 5. The first kappa shape index (κ1) is 98.8. The molecule has 0 saturated heterocycles. The topological polar surface area (TPSA) is 244 Å². The van der Waals surface area contributed by atoms with Gasteiger partial charge in [0, 0.05) is 52.1 Å². The molecule has 0 amide bonds. The Morgan fingerprint density at radius 1 is 0.252 bits per heavy atom. The van der Waals surface area contributed by atoms with E-state index in [1.807, 2.05) is 86.6 Å². The van der Waals surface area contributed by atoms with E-state index in [-0.39, 0.29) is 57.5 Å². The van der Waals surface area contributed by atoms with Crippen molar-refractivity contribution in [2.24, 2.45) is 0 Å². The van der Waals surface area contributed by atoms with Gasteiger partial charge >= 0.3 is 0 Å². The second kappa shape index (κ2) is 48.4. The van der Waals surface area contributed by atoms with Gasteiger partial charge in [-0.2, -0.15) is 0 Å². The predicted molar refractivity (Wildman–Crippen MR) is 509 cm³/mol. The van der Waals surface area contributed by atoms with E-state index in [2.05, 4.69) is 155 Å². The minimum Gasteiger partial charge on any atom is -0.870 e. The van der Waals surface area contributed by atoms with Crippen molar-refractivity contribution in [2.45, 2.75) is 153 Å². The number of aromatic hydroxyl groups is 5. The van der Waals surface area contributed by atoms with Crippen molar-refractivity contribution in [1.29, 1.82) is 0 Å². The Morgan fingerprint density at radius 2 is 0.429 bits per heavy atom. The van der Waals surface area contributed by atoms with E-state index in [0.29, 0.717) is 10.6 Å². The van der Waals surface area contributed by atoms with Crippen LogP contribution in [0.4, 0.5) is 0 Å². The summed E-state index contributed by atoms with van der Waals surface area (Å²) in [5, 5.41) is 122. The zero-order chi connectivity index (χ0) is 87.5. The molecule has 0 heterocycles. The fourth-order valence-corrected chi connectivity index (χ4v) is 34.9. The lowest BCUT2D eigenvalue weighted by Crippen LogP contribution is -2.39. The first-order valence-corrected chi connectivity index (χ1v) is 53.4. The summed E-state index contributed by atoms with van der Waals surface area (Å²) in [5.74, 6) is 3.13. The second-order valence-electron chi connectivity index (χ2n) is 31.0. The predicted octanol–water partition coefficient (Wildman–Crippen LogP) is 18.2. The average molecular weight is 1710 g/mol.